The highest BCUT2D eigenvalue weighted by molar-refractivity contribution is 7.24. The number of carbonyl (C=O) groups is 2. The number of carboxylic acid groups (broad SMARTS) is 1. The summed E-state index contributed by atoms with van der Waals surface area (Å²) in [5, 5.41) is 14.6. The van der Waals surface area contributed by atoms with E-state index in [-0.39, 0.29) is 22.7 Å². The predicted octanol–water partition coefficient (Wildman–Crippen LogP) is 6.45. The summed E-state index contributed by atoms with van der Waals surface area (Å²) in [5.41, 5.74) is 2.09. The molecule has 4 aromatic rings. The maximum absolute atomic E-state index is 13.6. The van der Waals surface area contributed by atoms with Gasteiger partial charge in [0.25, 0.3) is 0 Å². The number of anilines is 1. The van der Waals surface area contributed by atoms with Crippen molar-refractivity contribution in [2.75, 3.05) is 4.90 Å². The van der Waals surface area contributed by atoms with Crippen molar-refractivity contribution in [3.63, 3.8) is 0 Å². The third kappa shape index (κ3) is 4.62. The van der Waals surface area contributed by atoms with Crippen LogP contribution in [0.5, 0.6) is 0 Å². The molecule has 5 rings (SSSR count). The van der Waals surface area contributed by atoms with Gasteiger partial charge in [-0.3, -0.25) is 4.79 Å². The molecule has 1 aliphatic carbocycles. The van der Waals surface area contributed by atoms with E-state index in [0.717, 1.165) is 51.7 Å². The minimum Gasteiger partial charge on any atom is -0.477 e. The Hall–Kier alpha value is -3.04. The molecular weight excluding hydrogens is 480 g/mol. The maximum Gasteiger partial charge on any atom is 0.348 e. The number of carboxylic acids is 1. The van der Waals surface area contributed by atoms with Gasteiger partial charge in [-0.05, 0) is 69.7 Å². The van der Waals surface area contributed by atoms with Crippen molar-refractivity contribution >= 4 is 45.9 Å². The second kappa shape index (κ2) is 9.54. The molecule has 0 aromatic carbocycles. The smallest absolute Gasteiger partial charge is 0.348 e. The van der Waals surface area contributed by atoms with Gasteiger partial charge in [-0.1, -0.05) is 6.92 Å². The lowest BCUT2D eigenvalue weighted by Crippen LogP contribution is -2.42. The zero-order valence-electron chi connectivity index (χ0n) is 20.0. The van der Waals surface area contributed by atoms with Crippen LogP contribution < -0.4 is 4.90 Å². The summed E-state index contributed by atoms with van der Waals surface area (Å²) in [6.07, 6.45) is 7.40. The van der Waals surface area contributed by atoms with E-state index in [2.05, 4.69) is 17.0 Å². The fourth-order valence-corrected chi connectivity index (χ4v) is 6.78. The van der Waals surface area contributed by atoms with Gasteiger partial charge in [-0.15, -0.1) is 22.7 Å². The van der Waals surface area contributed by atoms with Crippen LogP contribution in [0.1, 0.15) is 56.1 Å². The second-order valence-electron chi connectivity index (χ2n) is 9.50. The van der Waals surface area contributed by atoms with Crippen LogP contribution >= 0.6 is 22.7 Å². The summed E-state index contributed by atoms with van der Waals surface area (Å²) in [6.45, 7) is 6.13. The van der Waals surface area contributed by atoms with Crippen molar-refractivity contribution in [2.45, 2.75) is 52.5 Å². The molecule has 0 radical (unpaired) electrons. The standard InChI is InChI=1S/C26H28N4O3S2/c1-15(2)30(25(31)17-7-5-16(3)6-8-17)19-14-22(35-24(19)26(32)33)21-10-9-20(34-21)18-13-23-27-11-4-12-29(23)28-18/h4,9-17H,5-8H2,1-3H3,(H,32,33)/t16-,17-. The summed E-state index contributed by atoms with van der Waals surface area (Å²) in [7, 11) is 0. The van der Waals surface area contributed by atoms with Gasteiger partial charge < -0.3 is 10.0 Å². The zero-order chi connectivity index (χ0) is 24.7. The number of carbonyl (C=O) groups excluding carboxylic acids is 1. The van der Waals surface area contributed by atoms with Crippen LogP contribution in [0.15, 0.2) is 42.7 Å². The molecule has 0 saturated heterocycles. The van der Waals surface area contributed by atoms with E-state index in [1.54, 1.807) is 26.9 Å². The van der Waals surface area contributed by atoms with E-state index in [0.29, 0.717) is 11.6 Å². The lowest BCUT2D eigenvalue weighted by atomic mass is 9.82. The molecular formula is C26H28N4O3S2. The summed E-state index contributed by atoms with van der Waals surface area (Å²) in [4.78, 5) is 34.8. The molecule has 0 unspecified atom stereocenters. The normalized spacial score (nSPS) is 18.3. The third-order valence-electron chi connectivity index (χ3n) is 6.62. The van der Waals surface area contributed by atoms with Crippen LogP contribution in [-0.4, -0.2) is 37.6 Å². The Morgan fingerprint density at radius 3 is 2.51 bits per heavy atom. The van der Waals surface area contributed by atoms with Gasteiger partial charge in [0.1, 0.15) is 10.6 Å². The number of hydrogen-bond acceptors (Lipinski definition) is 6. The lowest BCUT2D eigenvalue weighted by Gasteiger charge is -2.33. The molecule has 0 atom stereocenters. The van der Waals surface area contributed by atoms with E-state index in [1.165, 1.54) is 11.3 Å². The monoisotopic (exact) mass is 508 g/mol. The Kier molecular flexibility index (Phi) is 6.46. The molecule has 35 heavy (non-hydrogen) atoms. The quantitative estimate of drug-likeness (QED) is 0.323. The van der Waals surface area contributed by atoms with Crippen LogP contribution in [0.25, 0.3) is 26.0 Å². The van der Waals surface area contributed by atoms with Crippen LogP contribution in [0.2, 0.25) is 0 Å². The number of aromatic carboxylic acids is 1. The Morgan fingerprint density at radius 1 is 1.09 bits per heavy atom. The highest BCUT2D eigenvalue weighted by Gasteiger charge is 2.33. The number of hydrogen-bond donors (Lipinski definition) is 1. The summed E-state index contributed by atoms with van der Waals surface area (Å²) in [5.74, 6) is -0.362. The van der Waals surface area contributed by atoms with Crippen molar-refractivity contribution in [1.82, 2.24) is 14.6 Å². The largest absolute Gasteiger partial charge is 0.477 e. The fourth-order valence-electron chi connectivity index (χ4n) is 4.75. The molecule has 1 aliphatic rings. The van der Waals surface area contributed by atoms with E-state index >= 15 is 0 Å². The fraction of sp³-hybridized carbons (Fsp3) is 0.385. The van der Waals surface area contributed by atoms with Crippen LogP contribution in [0, 0.1) is 11.8 Å². The molecule has 1 amide bonds. The van der Waals surface area contributed by atoms with Crippen LogP contribution in [0.4, 0.5) is 5.69 Å². The minimum absolute atomic E-state index is 0.0443. The maximum atomic E-state index is 13.6. The first-order valence-electron chi connectivity index (χ1n) is 11.9. The topological polar surface area (TPSA) is 87.8 Å². The number of rotatable bonds is 6. The Balaban J connectivity index is 1.48. The Morgan fingerprint density at radius 2 is 1.83 bits per heavy atom. The zero-order valence-corrected chi connectivity index (χ0v) is 21.6. The number of nitrogens with zero attached hydrogens (tertiary/aromatic N) is 4. The first-order valence-corrected chi connectivity index (χ1v) is 13.6. The van der Waals surface area contributed by atoms with Crippen molar-refractivity contribution in [2.24, 2.45) is 11.8 Å². The number of amides is 1. The molecule has 1 fully saturated rings. The minimum atomic E-state index is -1.00. The molecule has 182 valence electrons. The third-order valence-corrected chi connectivity index (χ3v) is 9.04. The number of aromatic nitrogens is 3. The predicted molar refractivity (Wildman–Crippen MR) is 140 cm³/mol. The summed E-state index contributed by atoms with van der Waals surface area (Å²) < 4.78 is 1.73. The van der Waals surface area contributed by atoms with Crippen molar-refractivity contribution in [3.8, 4) is 20.3 Å². The van der Waals surface area contributed by atoms with Gasteiger partial charge in [0, 0.05) is 40.2 Å². The van der Waals surface area contributed by atoms with E-state index in [1.807, 2.05) is 50.4 Å². The molecule has 0 bridgehead atoms. The average Bonchev–Trinajstić information content (AvgIpc) is 3.57. The highest BCUT2D eigenvalue weighted by atomic mass is 32.1. The molecule has 0 aliphatic heterocycles. The first kappa shape index (κ1) is 23.7. The lowest BCUT2D eigenvalue weighted by molar-refractivity contribution is -0.123. The molecule has 9 heteroatoms. The average molecular weight is 509 g/mol. The summed E-state index contributed by atoms with van der Waals surface area (Å²) >= 11 is 2.78. The molecule has 0 spiro atoms. The molecule has 4 aromatic heterocycles. The van der Waals surface area contributed by atoms with Crippen molar-refractivity contribution < 1.29 is 14.7 Å². The molecule has 1 N–H and O–H groups in total. The van der Waals surface area contributed by atoms with Gasteiger partial charge in [0.05, 0.1) is 10.6 Å². The van der Waals surface area contributed by atoms with Gasteiger partial charge in [0.2, 0.25) is 5.91 Å². The SMILES string of the molecule is CC(C)N(c1cc(-c2ccc(-c3cc4ncccn4n3)s2)sc1C(=O)O)C(=O)[C@H]1CC[C@H](C)CC1. The van der Waals surface area contributed by atoms with E-state index < -0.39 is 5.97 Å². The van der Waals surface area contributed by atoms with Crippen molar-refractivity contribution in [1.29, 1.82) is 0 Å². The molecule has 7 nitrogen and oxygen atoms in total. The van der Waals surface area contributed by atoms with E-state index in [4.69, 9.17) is 0 Å². The number of fused-ring (bicyclic) bond motifs is 1. The van der Waals surface area contributed by atoms with Crippen molar-refractivity contribution in [3.05, 3.63) is 47.6 Å². The van der Waals surface area contributed by atoms with Gasteiger partial charge in [0.15, 0.2) is 5.65 Å². The van der Waals surface area contributed by atoms with Gasteiger partial charge in [-0.2, -0.15) is 5.10 Å². The van der Waals surface area contributed by atoms with E-state index in [9.17, 15) is 14.7 Å². The molecule has 4 heterocycles. The second-order valence-corrected chi connectivity index (χ2v) is 11.6. The van der Waals surface area contributed by atoms with Gasteiger partial charge in [-0.25, -0.2) is 14.3 Å². The summed E-state index contributed by atoms with van der Waals surface area (Å²) in [6, 6.07) is 9.49. The first-order chi connectivity index (χ1) is 16.8. The van der Waals surface area contributed by atoms with Gasteiger partial charge >= 0.3 is 5.97 Å². The number of thiophene rings is 2. The molecule has 1 saturated carbocycles. The van der Waals surface area contributed by atoms with Crippen LogP contribution in [0.3, 0.4) is 0 Å². The Labute approximate surface area is 212 Å². The Bertz CT molecular complexity index is 1350. The highest BCUT2D eigenvalue weighted by Crippen LogP contribution is 2.43. The van der Waals surface area contributed by atoms with Crippen LogP contribution in [-0.2, 0) is 4.79 Å².